The Balaban J connectivity index is 4.66. The van der Waals surface area contributed by atoms with Crippen LogP contribution in [0.5, 0.6) is 0 Å². The molecule has 1 atom stereocenters. The topological polar surface area (TPSA) is 90.0 Å². The Hall–Kier alpha value is -2.23. The van der Waals surface area contributed by atoms with Gasteiger partial charge in [-0.15, -0.1) is 6.42 Å². The lowest BCUT2D eigenvalue weighted by atomic mass is 10.3. The molecule has 0 spiro atoms. The van der Waals surface area contributed by atoms with Crippen molar-refractivity contribution >= 4 is 17.9 Å². The van der Waals surface area contributed by atoms with Gasteiger partial charge in [-0.05, 0) is 20.8 Å². The van der Waals surface area contributed by atoms with Crippen molar-refractivity contribution in [3.63, 3.8) is 0 Å². The first-order valence-corrected chi connectivity index (χ1v) is 6.36. The summed E-state index contributed by atoms with van der Waals surface area (Å²) < 4.78 is 0. The fourth-order valence-electron chi connectivity index (χ4n) is 1.62. The minimum Gasteiger partial charge on any atom is -0.480 e. The van der Waals surface area contributed by atoms with Crippen molar-refractivity contribution in [1.82, 2.24) is 15.1 Å². The number of aliphatic carboxylic acids is 1. The van der Waals surface area contributed by atoms with Crippen LogP contribution in [-0.2, 0) is 9.59 Å². The predicted molar refractivity (Wildman–Crippen MR) is 74.0 cm³/mol. The maximum Gasteiger partial charge on any atom is 0.323 e. The summed E-state index contributed by atoms with van der Waals surface area (Å²) in [5, 5.41) is 11.2. The molecule has 0 fully saturated rings. The van der Waals surface area contributed by atoms with E-state index in [-0.39, 0.29) is 12.5 Å². The monoisotopic (exact) mass is 283 g/mol. The number of rotatable bonds is 7. The maximum absolute atomic E-state index is 12.0. The molecule has 0 saturated heterocycles. The van der Waals surface area contributed by atoms with Crippen molar-refractivity contribution < 1.29 is 19.5 Å². The van der Waals surface area contributed by atoms with E-state index >= 15 is 0 Å². The number of terminal acetylenes is 1. The molecule has 7 nitrogen and oxygen atoms in total. The molecule has 0 aliphatic rings. The highest BCUT2D eigenvalue weighted by Crippen LogP contribution is 1.97. The Kier molecular flexibility index (Phi) is 7.82. The second-order valence-corrected chi connectivity index (χ2v) is 4.14. The van der Waals surface area contributed by atoms with Gasteiger partial charge in [-0.25, -0.2) is 4.79 Å². The number of carboxylic acid groups (broad SMARTS) is 1. The number of likely N-dealkylation sites (N-methyl/N-ethyl adjacent to an activating group) is 1. The minimum absolute atomic E-state index is 0.135. The Bertz CT molecular complexity index is 399. The third-order valence-corrected chi connectivity index (χ3v) is 2.68. The SMILES string of the molecule is C#CCN(CC(=O)O)C(=O)NC(C)C(=O)N(CC)CC. The van der Waals surface area contributed by atoms with Crippen LogP contribution in [-0.4, -0.2) is 65.0 Å². The largest absolute Gasteiger partial charge is 0.480 e. The van der Waals surface area contributed by atoms with E-state index in [0.717, 1.165) is 4.90 Å². The molecule has 7 heteroatoms. The Morgan fingerprint density at radius 3 is 2.20 bits per heavy atom. The van der Waals surface area contributed by atoms with Crippen molar-refractivity contribution in [3.05, 3.63) is 0 Å². The fraction of sp³-hybridized carbons (Fsp3) is 0.615. The number of carbonyl (C=O) groups is 3. The lowest BCUT2D eigenvalue weighted by Crippen LogP contribution is -2.51. The standard InChI is InChI=1S/C13H21N3O4/c1-5-8-16(9-11(17)18)13(20)14-10(4)12(19)15(6-2)7-3/h1,10H,6-9H2,2-4H3,(H,14,20)(H,17,18). The zero-order chi connectivity index (χ0) is 15.7. The third-order valence-electron chi connectivity index (χ3n) is 2.68. The highest BCUT2D eigenvalue weighted by Gasteiger charge is 2.23. The van der Waals surface area contributed by atoms with Crippen LogP contribution in [0, 0.1) is 12.3 Å². The van der Waals surface area contributed by atoms with E-state index in [0.29, 0.717) is 13.1 Å². The molecular weight excluding hydrogens is 262 g/mol. The van der Waals surface area contributed by atoms with Crippen molar-refractivity contribution in [2.75, 3.05) is 26.2 Å². The number of carboxylic acids is 1. The normalized spacial score (nSPS) is 11.1. The van der Waals surface area contributed by atoms with Gasteiger partial charge >= 0.3 is 12.0 Å². The van der Waals surface area contributed by atoms with Gasteiger partial charge in [0.2, 0.25) is 5.91 Å². The molecule has 0 heterocycles. The molecule has 0 aromatic rings. The van der Waals surface area contributed by atoms with Crippen LogP contribution in [0.15, 0.2) is 0 Å². The molecule has 0 aliphatic heterocycles. The second-order valence-electron chi connectivity index (χ2n) is 4.14. The van der Waals surface area contributed by atoms with Gasteiger partial charge in [0.05, 0.1) is 6.54 Å². The number of hydrogen-bond acceptors (Lipinski definition) is 3. The molecule has 0 rings (SSSR count). The number of nitrogens with one attached hydrogen (secondary N) is 1. The second kappa shape index (κ2) is 8.80. The molecule has 112 valence electrons. The van der Waals surface area contributed by atoms with Crippen LogP contribution in [0.25, 0.3) is 0 Å². The average Bonchev–Trinajstić information content (AvgIpc) is 2.38. The van der Waals surface area contributed by atoms with Gasteiger partial charge in [0.15, 0.2) is 0 Å². The van der Waals surface area contributed by atoms with Gasteiger partial charge in [-0.2, -0.15) is 0 Å². The molecule has 0 radical (unpaired) electrons. The summed E-state index contributed by atoms with van der Waals surface area (Å²) in [4.78, 5) is 37.0. The maximum atomic E-state index is 12.0. The van der Waals surface area contributed by atoms with Crippen LogP contribution >= 0.6 is 0 Å². The lowest BCUT2D eigenvalue weighted by Gasteiger charge is -2.25. The summed E-state index contributed by atoms with van der Waals surface area (Å²) in [5.41, 5.74) is 0. The summed E-state index contributed by atoms with van der Waals surface area (Å²) in [5.74, 6) is 0.817. The lowest BCUT2D eigenvalue weighted by molar-refractivity contribution is -0.137. The minimum atomic E-state index is -1.17. The van der Waals surface area contributed by atoms with Crippen LogP contribution < -0.4 is 5.32 Å². The van der Waals surface area contributed by atoms with Crippen LogP contribution in [0.4, 0.5) is 4.79 Å². The van der Waals surface area contributed by atoms with Gasteiger partial charge in [0.1, 0.15) is 12.6 Å². The number of urea groups is 1. The first-order chi connectivity index (χ1) is 9.37. The first kappa shape index (κ1) is 17.8. The Morgan fingerprint density at radius 1 is 1.25 bits per heavy atom. The molecule has 0 saturated carbocycles. The average molecular weight is 283 g/mol. The molecule has 2 N–H and O–H groups in total. The van der Waals surface area contributed by atoms with E-state index in [9.17, 15) is 14.4 Å². The summed E-state index contributed by atoms with van der Waals surface area (Å²) in [7, 11) is 0. The summed E-state index contributed by atoms with van der Waals surface area (Å²) in [6.07, 6.45) is 5.09. The first-order valence-electron chi connectivity index (χ1n) is 6.36. The molecule has 3 amide bonds. The predicted octanol–water partition coefficient (Wildman–Crippen LogP) is -0.0273. The Labute approximate surface area is 118 Å². The van der Waals surface area contributed by atoms with E-state index in [1.54, 1.807) is 11.8 Å². The van der Waals surface area contributed by atoms with E-state index in [2.05, 4.69) is 11.2 Å². The van der Waals surface area contributed by atoms with Gasteiger partial charge in [0, 0.05) is 13.1 Å². The smallest absolute Gasteiger partial charge is 0.323 e. The number of carbonyl (C=O) groups excluding carboxylic acids is 2. The molecule has 0 bridgehead atoms. The zero-order valence-corrected chi connectivity index (χ0v) is 12.0. The summed E-state index contributed by atoms with van der Waals surface area (Å²) >= 11 is 0. The van der Waals surface area contributed by atoms with Crippen molar-refractivity contribution in [2.24, 2.45) is 0 Å². The third kappa shape index (κ3) is 5.61. The molecule has 0 aromatic carbocycles. The molecular formula is C13H21N3O4. The highest BCUT2D eigenvalue weighted by molar-refractivity contribution is 5.88. The van der Waals surface area contributed by atoms with Gasteiger partial charge < -0.3 is 20.2 Å². The van der Waals surface area contributed by atoms with E-state index in [1.807, 2.05) is 13.8 Å². The van der Waals surface area contributed by atoms with Gasteiger partial charge in [-0.1, -0.05) is 5.92 Å². The van der Waals surface area contributed by atoms with E-state index in [4.69, 9.17) is 11.5 Å². The number of amides is 3. The fourth-order valence-corrected chi connectivity index (χ4v) is 1.62. The summed E-state index contributed by atoms with van der Waals surface area (Å²) in [6, 6.07) is -1.41. The van der Waals surface area contributed by atoms with Crippen LogP contribution in [0.3, 0.4) is 0 Å². The van der Waals surface area contributed by atoms with E-state index in [1.165, 1.54) is 0 Å². The van der Waals surface area contributed by atoms with Gasteiger partial charge in [-0.3, -0.25) is 9.59 Å². The Morgan fingerprint density at radius 2 is 1.80 bits per heavy atom. The van der Waals surface area contributed by atoms with Crippen molar-refractivity contribution in [3.8, 4) is 12.3 Å². The van der Waals surface area contributed by atoms with E-state index < -0.39 is 24.6 Å². The van der Waals surface area contributed by atoms with Crippen LogP contribution in [0.2, 0.25) is 0 Å². The number of hydrogen-bond donors (Lipinski definition) is 2. The van der Waals surface area contributed by atoms with Crippen molar-refractivity contribution in [2.45, 2.75) is 26.8 Å². The number of nitrogens with zero attached hydrogens (tertiary/aromatic N) is 2. The zero-order valence-electron chi connectivity index (χ0n) is 12.0. The molecule has 20 heavy (non-hydrogen) atoms. The van der Waals surface area contributed by atoms with Crippen molar-refractivity contribution in [1.29, 1.82) is 0 Å². The molecule has 0 aromatic heterocycles. The highest BCUT2D eigenvalue weighted by atomic mass is 16.4. The van der Waals surface area contributed by atoms with Crippen LogP contribution in [0.1, 0.15) is 20.8 Å². The quantitative estimate of drug-likeness (QED) is 0.642. The summed E-state index contributed by atoms with van der Waals surface area (Å²) in [6.45, 7) is 5.66. The molecule has 0 aliphatic carbocycles. The molecule has 1 unspecified atom stereocenters. The van der Waals surface area contributed by atoms with Gasteiger partial charge in [0.25, 0.3) is 0 Å².